The van der Waals surface area contributed by atoms with Gasteiger partial charge in [-0.3, -0.25) is 9.59 Å². The smallest absolute Gasteiger partial charge is 0.316 e. The molecular weight excluding hydrogens is 569 g/mol. The molecule has 8 heteroatoms. The van der Waals surface area contributed by atoms with Crippen LogP contribution in [0.1, 0.15) is 55.8 Å². The number of benzene rings is 3. The van der Waals surface area contributed by atoms with Gasteiger partial charge in [-0.2, -0.15) is 0 Å². The zero-order valence-corrected chi connectivity index (χ0v) is 26.4. The van der Waals surface area contributed by atoms with Crippen LogP contribution in [0.15, 0.2) is 78.9 Å². The monoisotopic (exact) mass is 609 g/mol. The summed E-state index contributed by atoms with van der Waals surface area (Å²) >= 11 is 12.4. The van der Waals surface area contributed by atoms with Gasteiger partial charge in [0.1, 0.15) is 0 Å². The average molecular weight is 611 g/mol. The van der Waals surface area contributed by atoms with Gasteiger partial charge in [-0.25, -0.2) is 0 Å². The number of likely N-dealkylation sites (tertiary alicyclic amines) is 1. The van der Waals surface area contributed by atoms with Crippen LogP contribution in [-0.4, -0.2) is 55.5 Å². The van der Waals surface area contributed by atoms with Gasteiger partial charge in [-0.05, 0) is 60.9 Å². The van der Waals surface area contributed by atoms with Crippen LogP contribution in [0.3, 0.4) is 0 Å². The summed E-state index contributed by atoms with van der Waals surface area (Å²) < 4.78 is 5.19. The van der Waals surface area contributed by atoms with Crippen molar-refractivity contribution in [3.63, 3.8) is 0 Å². The number of carbonyl (C=O) groups excluding carboxylic acids is 2. The summed E-state index contributed by atoms with van der Waals surface area (Å²) in [5, 5.41) is 0.918. The van der Waals surface area contributed by atoms with E-state index >= 15 is 0 Å². The van der Waals surface area contributed by atoms with E-state index in [9.17, 15) is 9.59 Å². The van der Waals surface area contributed by atoms with Crippen LogP contribution in [0.5, 0.6) is 0 Å². The van der Waals surface area contributed by atoms with Crippen molar-refractivity contribution < 1.29 is 14.3 Å². The SMILES string of the molecule is COC(=O)C1(c2ccc(Cl)c(Cl)c2)CC1CN1CCC(c2ccccc2)(N(C)C(C)=O)CC1.C[C@@H](N)c1ccccc1. The van der Waals surface area contributed by atoms with Crippen LogP contribution in [0.4, 0.5) is 0 Å². The Hall–Kier alpha value is -2.90. The summed E-state index contributed by atoms with van der Waals surface area (Å²) in [6.07, 6.45) is 2.42. The highest BCUT2D eigenvalue weighted by Gasteiger charge is 2.62. The lowest BCUT2D eigenvalue weighted by atomic mass is 9.79. The van der Waals surface area contributed by atoms with E-state index in [1.807, 2.05) is 73.5 Å². The molecule has 2 N–H and O–H groups in total. The van der Waals surface area contributed by atoms with Gasteiger partial charge in [0.05, 0.1) is 28.1 Å². The van der Waals surface area contributed by atoms with Gasteiger partial charge in [0.2, 0.25) is 5.91 Å². The molecule has 5 rings (SSSR count). The Morgan fingerprint density at radius 2 is 1.57 bits per heavy atom. The molecule has 3 aromatic rings. The Balaban J connectivity index is 0.000000385. The number of nitrogens with two attached hydrogens (primary N) is 1. The average Bonchev–Trinajstić information content (AvgIpc) is 3.74. The molecule has 1 saturated heterocycles. The number of esters is 1. The maximum Gasteiger partial charge on any atom is 0.316 e. The van der Waals surface area contributed by atoms with Gasteiger partial charge in [-0.1, -0.05) is 89.9 Å². The van der Waals surface area contributed by atoms with Crippen molar-refractivity contribution in [3.8, 4) is 0 Å². The second kappa shape index (κ2) is 13.6. The molecule has 0 radical (unpaired) electrons. The van der Waals surface area contributed by atoms with E-state index in [1.54, 1.807) is 19.1 Å². The molecule has 0 spiro atoms. The normalized spacial score (nSPS) is 21.8. The van der Waals surface area contributed by atoms with Crippen molar-refractivity contribution in [2.45, 2.75) is 50.1 Å². The van der Waals surface area contributed by atoms with Gasteiger partial charge in [0, 0.05) is 39.6 Å². The van der Waals surface area contributed by atoms with E-state index < -0.39 is 5.41 Å². The predicted molar refractivity (Wildman–Crippen MR) is 170 cm³/mol. The number of hydrogen-bond donors (Lipinski definition) is 1. The van der Waals surface area contributed by atoms with Crippen LogP contribution in [0.2, 0.25) is 10.0 Å². The van der Waals surface area contributed by atoms with Crippen molar-refractivity contribution >= 4 is 35.1 Å². The third-order valence-corrected chi connectivity index (χ3v) is 9.74. The van der Waals surface area contributed by atoms with E-state index in [0.717, 1.165) is 44.5 Å². The molecule has 2 aliphatic rings. The van der Waals surface area contributed by atoms with E-state index in [1.165, 1.54) is 18.2 Å². The summed E-state index contributed by atoms with van der Waals surface area (Å²) in [5.74, 6) is -0.00591. The molecule has 1 aliphatic carbocycles. The lowest BCUT2D eigenvalue weighted by molar-refractivity contribution is -0.144. The Morgan fingerprint density at radius 1 is 0.976 bits per heavy atom. The Bertz CT molecular complexity index is 1360. The molecule has 42 heavy (non-hydrogen) atoms. The van der Waals surface area contributed by atoms with Crippen LogP contribution in [0, 0.1) is 5.92 Å². The number of halogens is 2. The molecule has 3 atom stereocenters. The third-order valence-electron chi connectivity index (χ3n) is 9.00. The number of carbonyl (C=O) groups is 2. The summed E-state index contributed by atoms with van der Waals surface area (Å²) in [6.45, 7) is 6.10. The van der Waals surface area contributed by atoms with Gasteiger partial charge in [0.25, 0.3) is 0 Å². The number of amides is 1. The fourth-order valence-electron chi connectivity index (χ4n) is 6.27. The van der Waals surface area contributed by atoms with Gasteiger partial charge in [0.15, 0.2) is 0 Å². The Kier molecular flexibility index (Phi) is 10.4. The quantitative estimate of drug-likeness (QED) is 0.305. The topological polar surface area (TPSA) is 75.9 Å². The van der Waals surface area contributed by atoms with E-state index in [4.69, 9.17) is 33.7 Å². The van der Waals surface area contributed by atoms with Crippen molar-refractivity contribution in [3.05, 3.63) is 106 Å². The Morgan fingerprint density at radius 3 is 2.07 bits per heavy atom. The van der Waals surface area contributed by atoms with Crippen LogP contribution >= 0.6 is 23.2 Å². The second-order valence-electron chi connectivity index (χ2n) is 11.5. The Labute approximate surface area is 259 Å². The van der Waals surface area contributed by atoms with E-state index in [2.05, 4.69) is 17.0 Å². The number of methoxy groups -OCH3 is 1. The molecule has 0 bridgehead atoms. The lowest BCUT2D eigenvalue weighted by Gasteiger charge is -2.47. The first kappa shape index (κ1) is 32.0. The molecule has 3 aromatic carbocycles. The van der Waals surface area contributed by atoms with Crippen molar-refractivity contribution in [1.29, 1.82) is 0 Å². The molecule has 2 unspecified atom stereocenters. The fraction of sp³-hybridized carbons (Fsp3) is 0.412. The third kappa shape index (κ3) is 6.68. The van der Waals surface area contributed by atoms with Crippen LogP contribution < -0.4 is 5.73 Å². The number of ether oxygens (including phenoxy) is 1. The van der Waals surface area contributed by atoms with Gasteiger partial charge >= 0.3 is 5.97 Å². The van der Waals surface area contributed by atoms with Crippen molar-refractivity contribution in [1.82, 2.24) is 9.80 Å². The first-order chi connectivity index (χ1) is 20.0. The van der Waals surface area contributed by atoms with Gasteiger partial charge in [-0.15, -0.1) is 0 Å². The minimum atomic E-state index is -0.673. The number of hydrogen-bond acceptors (Lipinski definition) is 5. The number of nitrogens with zero attached hydrogens (tertiary/aromatic N) is 2. The summed E-state index contributed by atoms with van der Waals surface area (Å²) in [5.41, 5.74) is 7.86. The lowest BCUT2D eigenvalue weighted by Crippen LogP contribution is -2.53. The molecule has 6 nitrogen and oxygen atoms in total. The summed E-state index contributed by atoms with van der Waals surface area (Å²) in [7, 11) is 3.34. The zero-order valence-electron chi connectivity index (χ0n) is 24.9. The number of rotatable bonds is 7. The largest absolute Gasteiger partial charge is 0.468 e. The van der Waals surface area contributed by atoms with Crippen LogP contribution in [0.25, 0.3) is 0 Å². The maximum absolute atomic E-state index is 12.8. The first-order valence-corrected chi connectivity index (χ1v) is 15.2. The number of piperidine rings is 1. The molecule has 1 saturated carbocycles. The van der Waals surface area contributed by atoms with Gasteiger partial charge < -0.3 is 20.3 Å². The predicted octanol–water partition coefficient (Wildman–Crippen LogP) is 6.60. The zero-order chi connectivity index (χ0) is 30.5. The molecule has 1 aliphatic heterocycles. The highest BCUT2D eigenvalue weighted by atomic mass is 35.5. The molecule has 1 amide bonds. The summed E-state index contributed by atoms with van der Waals surface area (Å²) in [6, 6.07) is 25.9. The van der Waals surface area contributed by atoms with Crippen LogP contribution in [-0.2, 0) is 25.3 Å². The molecule has 224 valence electrons. The van der Waals surface area contributed by atoms with E-state index in [0.29, 0.717) is 10.0 Å². The van der Waals surface area contributed by atoms with Crippen molar-refractivity contribution in [2.24, 2.45) is 11.7 Å². The molecule has 1 heterocycles. The van der Waals surface area contributed by atoms with Crippen molar-refractivity contribution in [2.75, 3.05) is 33.8 Å². The fourth-order valence-corrected chi connectivity index (χ4v) is 6.57. The minimum Gasteiger partial charge on any atom is -0.468 e. The molecule has 0 aromatic heterocycles. The van der Waals surface area contributed by atoms with E-state index in [-0.39, 0.29) is 29.4 Å². The summed E-state index contributed by atoms with van der Waals surface area (Å²) in [4.78, 5) is 29.5. The molecule has 2 fully saturated rings. The minimum absolute atomic E-state index is 0.0684. The highest BCUT2D eigenvalue weighted by Crippen LogP contribution is 2.56. The molecular formula is C34H41Cl2N3O3. The second-order valence-corrected chi connectivity index (χ2v) is 12.3. The first-order valence-electron chi connectivity index (χ1n) is 14.4. The standard InChI is InChI=1S/C26H30Cl2N2O3.C8H11N/c1-18(31)29(2)25(19-7-5-4-6-8-19)11-13-30(14-12-25)17-21-16-26(21,24(32)33-3)20-9-10-22(27)23(28)15-20;1-7(9)8-5-3-2-4-6-8/h4-10,15,21H,11-14,16-17H2,1-3H3;2-7H,9H2,1H3/t;7-/m.1/s1. The highest BCUT2D eigenvalue weighted by molar-refractivity contribution is 6.42. The maximum atomic E-state index is 12.8.